The highest BCUT2D eigenvalue weighted by molar-refractivity contribution is 6.30. The number of H-pyrrole nitrogens is 1. The lowest BCUT2D eigenvalue weighted by molar-refractivity contribution is 0.0634. The SMILES string of the molecule is Cc1nc(-c2ccc(C(=O)N3CCNCC3c3cccc(Cl)c3)cc2)n[nH]1. The van der Waals surface area contributed by atoms with Crippen molar-refractivity contribution in [3.63, 3.8) is 0 Å². The lowest BCUT2D eigenvalue weighted by Gasteiger charge is -2.36. The van der Waals surface area contributed by atoms with E-state index in [0.717, 1.165) is 23.5 Å². The topological polar surface area (TPSA) is 73.9 Å². The van der Waals surface area contributed by atoms with Gasteiger partial charge in [-0.05, 0) is 36.8 Å². The number of aromatic nitrogens is 3. The van der Waals surface area contributed by atoms with Crippen LogP contribution in [0.25, 0.3) is 11.4 Å². The smallest absolute Gasteiger partial charge is 0.254 e. The summed E-state index contributed by atoms with van der Waals surface area (Å²) in [6.45, 7) is 3.99. The van der Waals surface area contributed by atoms with Crippen molar-refractivity contribution in [3.05, 3.63) is 70.5 Å². The summed E-state index contributed by atoms with van der Waals surface area (Å²) in [6, 6.07) is 15.1. The molecule has 2 N–H and O–H groups in total. The first kappa shape index (κ1) is 17.7. The molecule has 0 spiro atoms. The minimum atomic E-state index is -0.0414. The number of halogens is 1. The molecule has 0 saturated carbocycles. The van der Waals surface area contributed by atoms with E-state index in [1.54, 1.807) is 0 Å². The van der Waals surface area contributed by atoms with E-state index >= 15 is 0 Å². The van der Waals surface area contributed by atoms with Crippen molar-refractivity contribution in [2.45, 2.75) is 13.0 Å². The van der Waals surface area contributed by atoms with Gasteiger partial charge in [0, 0.05) is 35.8 Å². The van der Waals surface area contributed by atoms with Crippen LogP contribution in [0.3, 0.4) is 0 Å². The number of amides is 1. The molecular weight excluding hydrogens is 362 g/mol. The molecule has 1 unspecified atom stereocenters. The molecule has 1 aliphatic heterocycles. The second-order valence-electron chi connectivity index (χ2n) is 6.60. The maximum absolute atomic E-state index is 13.1. The van der Waals surface area contributed by atoms with Crippen molar-refractivity contribution in [2.75, 3.05) is 19.6 Å². The van der Waals surface area contributed by atoms with Crippen LogP contribution in [0.4, 0.5) is 0 Å². The summed E-state index contributed by atoms with van der Waals surface area (Å²) in [5.74, 6) is 1.40. The number of piperazine rings is 1. The second kappa shape index (κ2) is 7.50. The van der Waals surface area contributed by atoms with Gasteiger partial charge in [0.05, 0.1) is 6.04 Å². The van der Waals surface area contributed by atoms with Gasteiger partial charge in [-0.25, -0.2) is 4.98 Å². The number of aryl methyl sites for hydroxylation is 1. The van der Waals surface area contributed by atoms with Crippen LogP contribution in [-0.4, -0.2) is 45.6 Å². The molecule has 0 bridgehead atoms. The van der Waals surface area contributed by atoms with E-state index in [-0.39, 0.29) is 11.9 Å². The number of hydrogen-bond donors (Lipinski definition) is 2. The summed E-state index contributed by atoms with van der Waals surface area (Å²) in [4.78, 5) is 19.4. The lowest BCUT2D eigenvalue weighted by atomic mass is 10.0. The van der Waals surface area contributed by atoms with E-state index in [0.29, 0.717) is 29.5 Å². The summed E-state index contributed by atoms with van der Waals surface area (Å²) < 4.78 is 0. The van der Waals surface area contributed by atoms with Crippen LogP contribution in [0.1, 0.15) is 27.8 Å². The zero-order valence-electron chi connectivity index (χ0n) is 14.9. The minimum Gasteiger partial charge on any atom is -0.329 e. The Labute approximate surface area is 162 Å². The van der Waals surface area contributed by atoms with Gasteiger partial charge in [0.2, 0.25) is 0 Å². The van der Waals surface area contributed by atoms with Crippen molar-refractivity contribution >= 4 is 17.5 Å². The molecule has 1 fully saturated rings. The molecule has 0 radical (unpaired) electrons. The highest BCUT2D eigenvalue weighted by Gasteiger charge is 2.28. The number of aromatic amines is 1. The van der Waals surface area contributed by atoms with Gasteiger partial charge in [0.25, 0.3) is 5.91 Å². The third kappa shape index (κ3) is 3.72. The Morgan fingerprint density at radius 3 is 2.74 bits per heavy atom. The molecule has 2 aromatic carbocycles. The first-order valence-electron chi connectivity index (χ1n) is 8.88. The van der Waals surface area contributed by atoms with Gasteiger partial charge in [0.15, 0.2) is 5.82 Å². The molecule has 2 heterocycles. The van der Waals surface area contributed by atoms with E-state index < -0.39 is 0 Å². The van der Waals surface area contributed by atoms with Gasteiger partial charge in [-0.15, -0.1) is 0 Å². The number of nitrogens with zero attached hydrogens (tertiary/aromatic N) is 3. The number of hydrogen-bond acceptors (Lipinski definition) is 4. The van der Waals surface area contributed by atoms with Gasteiger partial charge in [-0.2, -0.15) is 5.10 Å². The fourth-order valence-electron chi connectivity index (χ4n) is 3.36. The molecule has 4 rings (SSSR count). The van der Waals surface area contributed by atoms with Crippen molar-refractivity contribution < 1.29 is 4.79 Å². The minimum absolute atomic E-state index is 0.0131. The molecular formula is C20H20ClN5O. The quantitative estimate of drug-likeness (QED) is 0.730. The van der Waals surface area contributed by atoms with Crippen LogP contribution >= 0.6 is 11.6 Å². The van der Waals surface area contributed by atoms with Gasteiger partial charge < -0.3 is 10.2 Å². The lowest BCUT2D eigenvalue weighted by Crippen LogP contribution is -2.48. The van der Waals surface area contributed by atoms with E-state index in [4.69, 9.17) is 11.6 Å². The first-order valence-corrected chi connectivity index (χ1v) is 9.26. The van der Waals surface area contributed by atoms with Crippen LogP contribution in [0.15, 0.2) is 48.5 Å². The van der Waals surface area contributed by atoms with Gasteiger partial charge in [-0.3, -0.25) is 9.89 Å². The highest BCUT2D eigenvalue weighted by atomic mass is 35.5. The number of rotatable bonds is 3. The van der Waals surface area contributed by atoms with Gasteiger partial charge in [0.1, 0.15) is 5.82 Å². The molecule has 0 aliphatic carbocycles. The van der Waals surface area contributed by atoms with Crippen LogP contribution in [0.2, 0.25) is 5.02 Å². The van der Waals surface area contributed by atoms with E-state index in [2.05, 4.69) is 20.5 Å². The van der Waals surface area contributed by atoms with Crippen molar-refractivity contribution in [3.8, 4) is 11.4 Å². The monoisotopic (exact) mass is 381 g/mol. The standard InChI is InChI=1S/C20H20ClN5O/c1-13-23-19(25-24-13)14-5-7-15(8-6-14)20(27)26-10-9-22-12-18(26)16-3-2-4-17(21)11-16/h2-8,11,18,22H,9-10,12H2,1H3,(H,23,24,25). The number of carbonyl (C=O) groups excluding carboxylic acids is 1. The Morgan fingerprint density at radius 1 is 1.22 bits per heavy atom. The highest BCUT2D eigenvalue weighted by Crippen LogP contribution is 2.26. The predicted molar refractivity (Wildman–Crippen MR) is 105 cm³/mol. The average molecular weight is 382 g/mol. The van der Waals surface area contributed by atoms with E-state index in [9.17, 15) is 4.79 Å². The zero-order valence-corrected chi connectivity index (χ0v) is 15.7. The van der Waals surface area contributed by atoms with Crippen molar-refractivity contribution in [1.29, 1.82) is 0 Å². The van der Waals surface area contributed by atoms with Gasteiger partial charge in [-0.1, -0.05) is 35.9 Å². The summed E-state index contributed by atoms with van der Waals surface area (Å²) in [7, 11) is 0. The third-order valence-corrected chi connectivity index (χ3v) is 4.96. The van der Waals surface area contributed by atoms with E-state index in [1.165, 1.54) is 0 Å². The normalized spacial score (nSPS) is 17.1. The Morgan fingerprint density at radius 2 is 2.04 bits per heavy atom. The predicted octanol–water partition coefficient (Wildman–Crippen LogP) is 3.22. The largest absolute Gasteiger partial charge is 0.329 e. The van der Waals surface area contributed by atoms with E-state index in [1.807, 2.05) is 60.4 Å². The van der Waals surface area contributed by atoms with Crippen LogP contribution in [0.5, 0.6) is 0 Å². The summed E-state index contributed by atoms with van der Waals surface area (Å²) in [6.07, 6.45) is 0. The molecule has 1 atom stereocenters. The van der Waals surface area contributed by atoms with Gasteiger partial charge >= 0.3 is 0 Å². The fourth-order valence-corrected chi connectivity index (χ4v) is 3.56. The Bertz CT molecular complexity index is 953. The fraction of sp³-hybridized carbons (Fsp3) is 0.250. The third-order valence-electron chi connectivity index (χ3n) is 4.72. The molecule has 1 aliphatic rings. The maximum Gasteiger partial charge on any atom is 0.254 e. The molecule has 1 saturated heterocycles. The number of nitrogens with one attached hydrogen (secondary N) is 2. The molecule has 1 amide bonds. The maximum atomic E-state index is 13.1. The summed E-state index contributed by atoms with van der Waals surface area (Å²) in [5, 5.41) is 11.0. The zero-order chi connectivity index (χ0) is 18.8. The van der Waals surface area contributed by atoms with Crippen LogP contribution < -0.4 is 5.32 Å². The average Bonchev–Trinajstić information content (AvgIpc) is 3.14. The molecule has 138 valence electrons. The summed E-state index contributed by atoms with van der Waals surface area (Å²) in [5.41, 5.74) is 2.57. The molecule has 1 aromatic heterocycles. The second-order valence-corrected chi connectivity index (χ2v) is 7.03. The first-order chi connectivity index (χ1) is 13.1. The molecule has 7 heteroatoms. The Hall–Kier alpha value is -2.70. The van der Waals surface area contributed by atoms with Crippen LogP contribution in [0, 0.1) is 6.92 Å². The van der Waals surface area contributed by atoms with Crippen LogP contribution in [-0.2, 0) is 0 Å². The van der Waals surface area contributed by atoms with Crippen molar-refractivity contribution in [1.82, 2.24) is 25.4 Å². The molecule has 6 nitrogen and oxygen atoms in total. The number of benzene rings is 2. The molecule has 3 aromatic rings. The molecule has 27 heavy (non-hydrogen) atoms. The number of carbonyl (C=O) groups is 1. The van der Waals surface area contributed by atoms with Crippen molar-refractivity contribution in [2.24, 2.45) is 0 Å². The Kier molecular flexibility index (Phi) is 4.92. The Balaban J connectivity index is 1.58. The summed E-state index contributed by atoms with van der Waals surface area (Å²) >= 11 is 6.15.